The van der Waals surface area contributed by atoms with Crippen molar-refractivity contribution < 1.29 is 13.2 Å². The normalized spacial score (nSPS) is 14.7. The maximum atomic E-state index is 12.6. The minimum atomic E-state index is -4.24. The molecule has 1 rings (SSSR count). The summed E-state index contributed by atoms with van der Waals surface area (Å²) in [5.41, 5.74) is 0.594. The average molecular weight is 270 g/mol. The van der Waals surface area contributed by atoms with Gasteiger partial charge in [-0.3, -0.25) is 0 Å². The van der Waals surface area contributed by atoms with Crippen molar-refractivity contribution in [1.82, 2.24) is 5.32 Å². The van der Waals surface area contributed by atoms with E-state index in [0.29, 0.717) is 12.0 Å². The minimum Gasteiger partial charge on any atom is -0.306 e. The van der Waals surface area contributed by atoms with Crippen LogP contribution in [0.1, 0.15) is 37.8 Å². The molecule has 0 aromatic heterocycles. The number of nitrogens with zero attached hydrogens (tertiary/aromatic N) is 1. The van der Waals surface area contributed by atoms with Crippen LogP contribution in [0.25, 0.3) is 0 Å². The Hall–Kier alpha value is -1.54. The van der Waals surface area contributed by atoms with Crippen LogP contribution < -0.4 is 5.32 Å². The molecule has 0 radical (unpaired) electrons. The standard InChI is InChI=1S/C14H17F3N2/c1-2-12(8-9-18)19-13(10-14(15,16)17)11-6-4-3-5-7-11/h3-7,12-13,19H,2,8,10H2,1H3. The fourth-order valence-corrected chi connectivity index (χ4v) is 1.91. The molecule has 1 N–H and O–H groups in total. The van der Waals surface area contributed by atoms with E-state index in [4.69, 9.17) is 5.26 Å². The molecule has 1 aromatic rings. The van der Waals surface area contributed by atoms with Crippen molar-refractivity contribution in [1.29, 1.82) is 5.26 Å². The largest absolute Gasteiger partial charge is 0.390 e. The highest BCUT2D eigenvalue weighted by molar-refractivity contribution is 5.19. The van der Waals surface area contributed by atoms with E-state index in [1.807, 2.05) is 13.0 Å². The number of hydrogen-bond donors (Lipinski definition) is 1. The van der Waals surface area contributed by atoms with Gasteiger partial charge in [0.25, 0.3) is 0 Å². The van der Waals surface area contributed by atoms with Crippen LogP contribution in [0.5, 0.6) is 0 Å². The lowest BCUT2D eigenvalue weighted by molar-refractivity contribution is -0.140. The van der Waals surface area contributed by atoms with Crippen LogP contribution in [0, 0.1) is 11.3 Å². The number of alkyl halides is 3. The molecule has 0 saturated carbocycles. The highest BCUT2D eigenvalue weighted by Gasteiger charge is 2.33. The quantitative estimate of drug-likeness (QED) is 0.849. The highest BCUT2D eigenvalue weighted by Crippen LogP contribution is 2.30. The van der Waals surface area contributed by atoms with Gasteiger partial charge in [0.1, 0.15) is 0 Å². The molecule has 0 aliphatic rings. The zero-order chi connectivity index (χ0) is 14.3. The predicted octanol–water partition coefficient (Wildman–Crippen LogP) is 3.96. The van der Waals surface area contributed by atoms with Gasteiger partial charge in [-0.05, 0) is 12.0 Å². The zero-order valence-electron chi connectivity index (χ0n) is 10.7. The Morgan fingerprint density at radius 3 is 2.37 bits per heavy atom. The Bertz CT molecular complexity index is 409. The molecule has 0 aliphatic heterocycles. The van der Waals surface area contributed by atoms with Gasteiger partial charge in [0.15, 0.2) is 0 Å². The van der Waals surface area contributed by atoms with Gasteiger partial charge in [-0.2, -0.15) is 18.4 Å². The van der Waals surface area contributed by atoms with Crippen molar-refractivity contribution in [3.05, 3.63) is 35.9 Å². The third-order valence-corrected chi connectivity index (χ3v) is 2.90. The average Bonchev–Trinajstić information content (AvgIpc) is 2.36. The molecule has 0 bridgehead atoms. The van der Waals surface area contributed by atoms with Gasteiger partial charge >= 0.3 is 6.18 Å². The smallest absolute Gasteiger partial charge is 0.306 e. The number of halogens is 3. The molecule has 2 unspecified atom stereocenters. The summed E-state index contributed by atoms with van der Waals surface area (Å²) in [5.74, 6) is 0. The van der Waals surface area contributed by atoms with E-state index in [-0.39, 0.29) is 12.5 Å². The first-order valence-corrected chi connectivity index (χ1v) is 6.21. The third-order valence-electron chi connectivity index (χ3n) is 2.90. The number of rotatable bonds is 6. The SMILES string of the molecule is CCC(CC#N)NC(CC(F)(F)F)c1ccccc1. The number of nitriles is 1. The summed E-state index contributed by atoms with van der Waals surface area (Å²) in [6, 6.07) is 9.49. The van der Waals surface area contributed by atoms with Crippen molar-refractivity contribution in [2.45, 2.75) is 44.4 Å². The number of hydrogen-bond acceptors (Lipinski definition) is 2. The maximum Gasteiger partial charge on any atom is 0.390 e. The van der Waals surface area contributed by atoms with Crippen molar-refractivity contribution in [3.63, 3.8) is 0 Å². The van der Waals surface area contributed by atoms with Gasteiger partial charge in [0.2, 0.25) is 0 Å². The van der Waals surface area contributed by atoms with E-state index >= 15 is 0 Å². The van der Waals surface area contributed by atoms with Crippen molar-refractivity contribution >= 4 is 0 Å². The second kappa shape index (κ2) is 7.15. The fourth-order valence-electron chi connectivity index (χ4n) is 1.91. The molecular formula is C14H17F3N2. The van der Waals surface area contributed by atoms with Crippen molar-refractivity contribution in [2.75, 3.05) is 0 Å². The Balaban J connectivity index is 2.84. The van der Waals surface area contributed by atoms with Gasteiger partial charge in [0.05, 0.1) is 18.9 Å². The molecule has 0 fully saturated rings. The van der Waals surface area contributed by atoms with E-state index < -0.39 is 18.6 Å². The lowest BCUT2D eigenvalue weighted by Gasteiger charge is -2.25. The Morgan fingerprint density at radius 1 is 1.26 bits per heavy atom. The molecule has 1 aromatic carbocycles. The molecule has 2 atom stereocenters. The second-order valence-corrected chi connectivity index (χ2v) is 4.42. The van der Waals surface area contributed by atoms with Gasteiger partial charge in [0, 0.05) is 12.1 Å². The first kappa shape index (κ1) is 15.5. The Kier molecular flexibility index (Phi) is 5.84. The molecule has 0 heterocycles. The number of benzene rings is 1. The van der Waals surface area contributed by atoms with Crippen LogP contribution in [0.15, 0.2) is 30.3 Å². The lowest BCUT2D eigenvalue weighted by atomic mass is 10.0. The van der Waals surface area contributed by atoms with Gasteiger partial charge in [-0.25, -0.2) is 0 Å². The molecule has 0 aliphatic carbocycles. The van der Waals surface area contributed by atoms with Crippen LogP contribution in [-0.4, -0.2) is 12.2 Å². The molecule has 0 spiro atoms. The molecule has 0 saturated heterocycles. The lowest BCUT2D eigenvalue weighted by Crippen LogP contribution is -2.34. The molecule has 2 nitrogen and oxygen atoms in total. The first-order chi connectivity index (χ1) is 8.96. The third kappa shape index (κ3) is 5.75. The van der Waals surface area contributed by atoms with Gasteiger partial charge < -0.3 is 5.32 Å². The summed E-state index contributed by atoms with van der Waals surface area (Å²) in [7, 11) is 0. The summed E-state index contributed by atoms with van der Waals surface area (Å²) in [6.07, 6.45) is -4.34. The summed E-state index contributed by atoms with van der Waals surface area (Å²) >= 11 is 0. The topological polar surface area (TPSA) is 35.8 Å². The number of nitrogens with one attached hydrogen (secondary N) is 1. The first-order valence-electron chi connectivity index (χ1n) is 6.21. The van der Waals surface area contributed by atoms with Crippen LogP contribution >= 0.6 is 0 Å². The predicted molar refractivity (Wildman–Crippen MR) is 67.3 cm³/mol. The molecule has 5 heteroatoms. The van der Waals surface area contributed by atoms with Crippen molar-refractivity contribution in [3.8, 4) is 6.07 Å². The second-order valence-electron chi connectivity index (χ2n) is 4.42. The Morgan fingerprint density at radius 2 is 1.89 bits per heavy atom. The summed E-state index contributed by atoms with van der Waals surface area (Å²) in [4.78, 5) is 0. The summed E-state index contributed by atoms with van der Waals surface area (Å²) < 4.78 is 37.9. The van der Waals surface area contributed by atoms with E-state index in [1.54, 1.807) is 30.3 Å². The van der Waals surface area contributed by atoms with Crippen LogP contribution in [0.2, 0.25) is 0 Å². The molecule has 104 valence electrons. The monoisotopic (exact) mass is 270 g/mol. The van der Waals surface area contributed by atoms with E-state index in [9.17, 15) is 13.2 Å². The Labute approximate surface area is 111 Å². The molecular weight excluding hydrogens is 253 g/mol. The summed E-state index contributed by atoms with van der Waals surface area (Å²) in [6.45, 7) is 1.85. The fraction of sp³-hybridized carbons (Fsp3) is 0.500. The summed E-state index contributed by atoms with van der Waals surface area (Å²) in [5, 5.41) is 11.6. The minimum absolute atomic E-state index is 0.206. The van der Waals surface area contributed by atoms with Crippen LogP contribution in [0.4, 0.5) is 13.2 Å². The zero-order valence-corrected chi connectivity index (χ0v) is 10.7. The highest BCUT2D eigenvalue weighted by atomic mass is 19.4. The van der Waals surface area contributed by atoms with Crippen LogP contribution in [-0.2, 0) is 0 Å². The van der Waals surface area contributed by atoms with Crippen LogP contribution in [0.3, 0.4) is 0 Å². The van der Waals surface area contributed by atoms with Gasteiger partial charge in [-0.15, -0.1) is 0 Å². The van der Waals surface area contributed by atoms with Gasteiger partial charge in [-0.1, -0.05) is 37.3 Å². The molecule has 0 amide bonds. The molecule has 19 heavy (non-hydrogen) atoms. The maximum absolute atomic E-state index is 12.6. The van der Waals surface area contributed by atoms with E-state index in [1.165, 1.54) is 0 Å². The van der Waals surface area contributed by atoms with Crippen molar-refractivity contribution in [2.24, 2.45) is 0 Å². The van der Waals surface area contributed by atoms with E-state index in [2.05, 4.69) is 5.32 Å². The van der Waals surface area contributed by atoms with E-state index in [0.717, 1.165) is 0 Å².